The van der Waals surface area contributed by atoms with Crippen molar-refractivity contribution in [2.75, 3.05) is 20.5 Å². The largest absolute Gasteiger partial charge is 0.462 e. The molecule has 0 bridgehead atoms. The van der Waals surface area contributed by atoms with Gasteiger partial charge in [-0.25, -0.2) is 4.79 Å². The summed E-state index contributed by atoms with van der Waals surface area (Å²) in [6, 6.07) is 0. The van der Waals surface area contributed by atoms with Gasteiger partial charge in [-0.05, 0) is 38.2 Å². The fraction of sp³-hybridized carbons (Fsp3) is 0.625. The van der Waals surface area contributed by atoms with Crippen molar-refractivity contribution >= 4 is 11.8 Å². The number of allylic oxidation sites excluding steroid dienone is 1. The van der Waals surface area contributed by atoms with Gasteiger partial charge < -0.3 is 14.2 Å². The Kier molecular flexibility index (Phi) is 7.93. The van der Waals surface area contributed by atoms with Gasteiger partial charge in [0, 0.05) is 13.5 Å². The van der Waals surface area contributed by atoms with Crippen LogP contribution in [0.5, 0.6) is 0 Å². The zero-order valence-electron chi connectivity index (χ0n) is 12.9. The molecule has 0 amide bonds. The molecule has 0 spiro atoms. The zero-order chi connectivity index (χ0) is 15.7. The van der Waals surface area contributed by atoms with Gasteiger partial charge in [0.25, 0.3) is 0 Å². The molecule has 1 rings (SSSR count). The molecular formula is C16H24O5. The van der Waals surface area contributed by atoms with Crippen LogP contribution in [0.25, 0.3) is 0 Å². The lowest BCUT2D eigenvalue weighted by atomic mass is 9.86. The van der Waals surface area contributed by atoms with Crippen molar-refractivity contribution in [3.63, 3.8) is 0 Å². The van der Waals surface area contributed by atoms with E-state index in [1.54, 1.807) is 13.0 Å². The number of methoxy groups -OCH3 is 1. The number of ketones is 1. The first kappa shape index (κ1) is 17.6. The monoisotopic (exact) mass is 296 g/mol. The smallest absolute Gasteiger partial charge is 0.341 e. The molecular weight excluding hydrogens is 272 g/mol. The van der Waals surface area contributed by atoms with E-state index < -0.39 is 5.97 Å². The first-order valence-corrected chi connectivity index (χ1v) is 7.30. The van der Waals surface area contributed by atoms with Gasteiger partial charge in [-0.1, -0.05) is 6.08 Å². The van der Waals surface area contributed by atoms with Gasteiger partial charge in [0.1, 0.15) is 12.4 Å². The van der Waals surface area contributed by atoms with E-state index in [1.807, 2.05) is 0 Å². The second-order valence-corrected chi connectivity index (χ2v) is 4.83. The van der Waals surface area contributed by atoms with E-state index >= 15 is 0 Å². The molecule has 1 unspecified atom stereocenters. The van der Waals surface area contributed by atoms with Crippen LogP contribution < -0.4 is 0 Å². The van der Waals surface area contributed by atoms with Crippen LogP contribution >= 0.6 is 0 Å². The van der Waals surface area contributed by atoms with E-state index in [0.717, 1.165) is 18.4 Å². The summed E-state index contributed by atoms with van der Waals surface area (Å²) in [7, 11) is 1.54. The maximum Gasteiger partial charge on any atom is 0.341 e. The average molecular weight is 296 g/mol. The normalized spacial score (nSPS) is 16.8. The Bertz CT molecular complexity index is 411. The molecule has 0 saturated heterocycles. The van der Waals surface area contributed by atoms with Crippen LogP contribution in [0.2, 0.25) is 0 Å². The molecule has 0 aromatic carbocycles. The third-order valence-corrected chi connectivity index (χ3v) is 3.34. The minimum atomic E-state index is -0.540. The Morgan fingerprint density at radius 3 is 2.81 bits per heavy atom. The lowest BCUT2D eigenvalue weighted by Gasteiger charge is -2.25. The lowest BCUT2D eigenvalue weighted by Crippen LogP contribution is -2.28. The minimum absolute atomic E-state index is 0.121. The summed E-state index contributed by atoms with van der Waals surface area (Å²) >= 11 is 0. The first-order valence-electron chi connectivity index (χ1n) is 7.30. The summed E-state index contributed by atoms with van der Waals surface area (Å²) in [5.41, 5.74) is 0.914. The third kappa shape index (κ3) is 5.10. The Balaban J connectivity index is 3.05. The van der Waals surface area contributed by atoms with E-state index in [-0.39, 0.29) is 30.9 Å². The number of hydrogen-bond donors (Lipinski definition) is 0. The van der Waals surface area contributed by atoms with E-state index in [2.05, 4.69) is 6.58 Å². The molecule has 0 fully saturated rings. The number of carbonyl (C=O) groups excluding carboxylic acids is 2. The van der Waals surface area contributed by atoms with Gasteiger partial charge in [0.15, 0.2) is 5.78 Å². The summed E-state index contributed by atoms with van der Waals surface area (Å²) in [4.78, 5) is 24.2. The topological polar surface area (TPSA) is 61.8 Å². The van der Waals surface area contributed by atoms with Crippen LogP contribution in [-0.2, 0) is 23.8 Å². The van der Waals surface area contributed by atoms with Gasteiger partial charge in [0.2, 0.25) is 0 Å². The number of Topliss-reactive ketones (excluding diaryl/α,β-unsaturated/α-hetero) is 1. The molecule has 0 aliphatic heterocycles. The maximum atomic E-state index is 12.1. The highest BCUT2D eigenvalue weighted by molar-refractivity contribution is 6.18. The minimum Gasteiger partial charge on any atom is -0.462 e. The fourth-order valence-electron chi connectivity index (χ4n) is 2.42. The number of rotatable bonds is 9. The summed E-state index contributed by atoms with van der Waals surface area (Å²) in [6.07, 6.45) is 4.67. The highest BCUT2D eigenvalue weighted by Crippen LogP contribution is 2.29. The Hall–Kier alpha value is -1.46. The van der Waals surface area contributed by atoms with Crippen molar-refractivity contribution in [2.24, 2.45) is 0 Å². The first-order chi connectivity index (χ1) is 10.2. The Labute approximate surface area is 125 Å². The van der Waals surface area contributed by atoms with Gasteiger partial charge in [-0.2, -0.15) is 0 Å². The van der Waals surface area contributed by atoms with E-state index in [1.165, 1.54) is 7.11 Å². The van der Waals surface area contributed by atoms with Crippen molar-refractivity contribution in [1.82, 2.24) is 0 Å². The average Bonchev–Trinajstić information content (AvgIpc) is 2.47. The van der Waals surface area contributed by atoms with Crippen molar-refractivity contribution in [3.05, 3.63) is 23.8 Å². The third-order valence-electron chi connectivity index (χ3n) is 3.34. The molecule has 1 aliphatic carbocycles. The number of carbonyl (C=O) groups is 2. The molecule has 118 valence electrons. The standard InChI is InChI=1S/C16H24O5/c1-4-6-10-14(21-11-19-3)12-8-7-9-13(17)15(12)16(18)20-5-2/h4,14H,1,5-11H2,2-3H3. The van der Waals surface area contributed by atoms with Gasteiger partial charge in [0.05, 0.1) is 12.7 Å². The quantitative estimate of drug-likeness (QED) is 0.283. The molecule has 0 saturated carbocycles. The van der Waals surface area contributed by atoms with Gasteiger partial charge in [-0.15, -0.1) is 6.58 Å². The molecule has 5 heteroatoms. The molecule has 1 aliphatic rings. The molecule has 0 N–H and O–H groups in total. The van der Waals surface area contributed by atoms with Crippen molar-refractivity contribution < 1.29 is 23.8 Å². The predicted octanol–water partition coefficient (Wildman–Crippen LogP) is 2.55. The number of hydrogen-bond acceptors (Lipinski definition) is 5. The summed E-state index contributed by atoms with van der Waals surface area (Å²) in [6.45, 7) is 5.79. The molecule has 1 atom stereocenters. The van der Waals surface area contributed by atoms with E-state index in [4.69, 9.17) is 14.2 Å². The second-order valence-electron chi connectivity index (χ2n) is 4.83. The predicted molar refractivity (Wildman–Crippen MR) is 78.7 cm³/mol. The fourth-order valence-corrected chi connectivity index (χ4v) is 2.42. The van der Waals surface area contributed by atoms with E-state index in [0.29, 0.717) is 19.3 Å². The summed E-state index contributed by atoms with van der Waals surface area (Å²) in [5.74, 6) is -0.693. The highest BCUT2D eigenvalue weighted by atomic mass is 16.7. The van der Waals surface area contributed by atoms with Gasteiger partial charge in [-0.3, -0.25) is 4.79 Å². The van der Waals surface area contributed by atoms with Crippen molar-refractivity contribution in [1.29, 1.82) is 0 Å². The SMILES string of the molecule is C=CCCC(OCOC)C1=C(C(=O)OCC)C(=O)CCC1. The molecule has 0 heterocycles. The number of ether oxygens (including phenoxy) is 3. The van der Waals surface area contributed by atoms with Crippen LogP contribution in [-0.4, -0.2) is 38.4 Å². The van der Waals surface area contributed by atoms with Crippen LogP contribution in [0, 0.1) is 0 Å². The molecule has 21 heavy (non-hydrogen) atoms. The van der Waals surface area contributed by atoms with Gasteiger partial charge >= 0.3 is 5.97 Å². The second kappa shape index (κ2) is 9.47. The lowest BCUT2D eigenvalue weighted by molar-refractivity contribution is -0.140. The van der Waals surface area contributed by atoms with Crippen LogP contribution in [0.1, 0.15) is 39.0 Å². The number of esters is 1. The van der Waals surface area contributed by atoms with Crippen molar-refractivity contribution in [3.8, 4) is 0 Å². The summed E-state index contributed by atoms with van der Waals surface area (Å²) < 4.78 is 15.6. The van der Waals surface area contributed by atoms with Crippen LogP contribution in [0.3, 0.4) is 0 Å². The maximum absolute atomic E-state index is 12.1. The Morgan fingerprint density at radius 1 is 1.43 bits per heavy atom. The highest BCUT2D eigenvalue weighted by Gasteiger charge is 2.31. The van der Waals surface area contributed by atoms with Crippen LogP contribution in [0.4, 0.5) is 0 Å². The molecule has 0 radical (unpaired) electrons. The summed E-state index contributed by atoms with van der Waals surface area (Å²) in [5, 5.41) is 0. The van der Waals surface area contributed by atoms with Crippen LogP contribution in [0.15, 0.2) is 23.8 Å². The Morgan fingerprint density at radius 2 is 2.19 bits per heavy atom. The van der Waals surface area contributed by atoms with Crippen molar-refractivity contribution in [2.45, 2.75) is 45.1 Å². The molecule has 0 aromatic rings. The molecule has 5 nitrogen and oxygen atoms in total. The van der Waals surface area contributed by atoms with E-state index in [9.17, 15) is 9.59 Å². The molecule has 0 aromatic heterocycles. The zero-order valence-corrected chi connectivity index (χ0v) is 12.9.